The van der Waals surface area contributed by atoms with Gasteiger partial charge in [-0.2, -0.15) is 0 Å². The first-order valence-corrected chi connectivity index (χ1v) is 3.35. The Hall–Kier alpha value is -1.72. The van der Waals surface area contributed by atoms with Crippen LogP contribution >= 0.6 is 0 Å². The third-order valence-electron chi connectivity index (χ3n) is 1.54. The van der Waals surface area contributed by atoms with Gasteiger partial charge in [0.2, 0.25) is 0 Å². The van der Waals surface area contributed by atoms with Crippen LogP contribution in [0.2, 0.25) is 0 Å². The van der Waals surface area contributed by atoms with E-state index in [2.05, 4.69) is 4.98 Å². The van der Waals surface area contributed by atoms with Crippen molar-refractivity contribution in [1.29, 1.82) is 0 Å². The van der Waals surface area contributed by atoms with E-state index in [1.165, 1.54) is 0 Å². The second-order valence-corrected chi connectivity index (χ2v) is 2.34. The fourth-order valence-electron chi connectivity index (χ4n) is 0.877. The van der Waals surface area contributed by atoms with E-state index in [1.54, 1.807) is 0 Å². The Morgan fingerprint density at radius 2 is 2.08 bits per heavy atom. The summed E-state index contributed by atoms with van der Waals surface area (Å²) >= 11 is 0. The highest BCUT2D eigenvalue weighted by atomic mass is 19.3. The molecule has 0 aliphatic carbocycles. The summed E-state index contributed by atoms with van der Waals surface area (Å²) in [7, 11) is 0. The van der Waals surface area contributed by atoms with Gasteiger partial charge in [0, 0.05) is 0 Å². The van der Waals surface area contributed by atoms with Gasteiger partial charge in [-0.1, -0.05) is 0 Å². The standard InChI is InChI=1S/C7H7F2N3O/c8-7(9)6-5(11)3(2-13)4(10)1-12-6/h1-2,7H,10-11H2. The van der Waals surface area contributed by atoms with Crippen LogP contribution in [0.5, 0.6) is 0 Å². The second kappa shape index (κ2) is 3.34. The molecule has 1 rings (SSSR count). The Morgan fingerprint density at radius 1 is 1.46 bits per heavy atom. The molecule has 0 fully saturated rings. The van der Waals surface area contributed by atoms with Gasteiger partial charge < -0.3 is 11.5 Å². The summed E-state index contributed by atoms with van der Waals surface area (Å²) in [5.74, 6) is 0. The molecule has 0 aliphatic rings. The van der Waals surface area contributed by atoms with Crippen molar-refractivity contribution < 1.29 is 13.6 Å². The van der Waals surface area contributed by atoms with Crippen molar-refractivity contribution in [1.82, 2.24) is 4.98 Å². The molecule has 0 unspecified atom stereocenters. The van der Waals surface area contributed by atoms with Crippen molar-refractivity contribution in [2.75, 3.05) is 11.5 Å². The topological polar surface area (TPSA) is 82.0 Å². The Labute approximate surface area is 72.6 Å². The molecule has 0 saturated carbocycles. The lowest BCUT2D eigenvalue weighted by molar-refractivity contribution is 0.112. The minimum Gasteiger partial charge on any atom is -0.397 e. The molecular weight excluding hydrogens is 180 g/mol. The molecule has 4 N–H and O–H groups in total. The number of anilines is 2. The van der Waals surface area contributed by atoms with Crippen molar-refractivity contribution in [3.8, 4) is 0 Å². The fourth-order valence-corrected chi connectivity index (χ4v) is 0.877. The first kappa shape index (κ1) is 9.37. The van der Waals surface area contributed by atoms with Crippen LogP contribution in [0, 0.1) is 0 Å². The van der Waals surface area contributed by atoms with Crippen molar-refractivity contribution in [2.45, 2.75) is 6.43 Å². The van der Waals surface area contributed by atoms with Crippen LogP contribution in [-0.4, -0.2) is 11.3 Å². The molecule has 0 aromatic carbocycles. The van der Waals surface area contributed by atoms with Gasteiger partial charge in [-0.3, -0.25) is 9.78 Å². The molecule has 13 heavy (non-hydrogen) atoms. The average Bonchev–Trinajstić information content (AvgIpc) is 2.04. The van der Waals surface area contributed by atoms with E-state index in [4.69, 9.17) is 11.5 Å². The molecule has 0 atom stereocenters. The lowest BCUT2D eigenvalue weighted by atomic mass is 10.1. The lowest BCUT2D eigenvalue weighted by Gasteiger charge is -2.07. The van der Waals surface area contributed by atoms with E-state index >= 15 is 0 Å². The Kier molecular flexibility index (Phi) is 2.41. The highest BCUT2D eigenvalue weighted by Crippen LogP contribution is 2.27. The number of nitrogens with zero attached hydrogens (tertiary/aromatic N) is 1. The van der Waals surface area contributed by atoms with E-state index in [0.717, 1.165) is 6.20 Å². The van der Waals surface area contributed by atoms with Crippen LogP contribution in [0.1, 0.15) is 22.5 Å². The number of rotatable bonds is 2. The number of carbonyl (C=O) groups excluding carboxylic acids is 1. The summed E-state index contributed by atoms with van der Waals surface area (Å²) in [6.45, 7) is 0. The third-order valence-corrected chi connectivity index (χ3v) is 1.54. The molecule has 1 heterocycles. The Morgan fingerprint density at radius 3 is 2.54 bits per heavy atom. The predicted octanol–water partition coefficient (Wildman–Crippen LogP) is 0.996. The van der Waals surface area contributed by atoms with Crippen molar-refractivity contribution in [3.63, 3.8) is 0 Å². The number of carbonyl (C=O) groups is 1. The fraction of sp³-hybridized carbons (Fsp3) is 0.143. The molecule has 0 aliphatic heterocycles. The number of alkyl halides is 2. The SMILES string of the molecule is Nc1cnc(C(F)F)c(N)c1C=O. The highest BCUT2D eigenvalue weighted by molar-refractivity contribution is 5.90. The van der Waals surface area contributed by atoms with E-state index < -0.39 is 12.1 Å². The van der Waals surface area contributed by atoms with E-state index in [9.17, 15) is 13.6 Å². The smallest absolute Gasteiger partial charge is 0.282 e. The monoisotopic (exact) mass is 187 g/mol. The maximum Gasteiger partial charge on any atom is 0.282 e. The van der Waals surface area contributed by atoms with Gasteiger partial charge >= 0.3 is 0 Å². The first-order valence-electron chi connectivity index (χ1n) is 3.35. The summed E-state index contributed by atoms with van der Waals surface area (Å²) < 4.78 is 24.4. The molecule has 4 nitrogen and oxygen atoms in total. The quantitative estimate of drug-likeness (QED) is 0.676. The molecule has 70 valence electrons. The molecule has 6 heteroatoms. The summed E-state index contributed by atoms with van der Waals surface area (Å²) in [5.41, 5.74) is 9.42. The zero-order valence-electron chi connectivity index (χ0n) is 6.50. The first-order chi connectivity index (χ1) is 6.07. The van der Waals surface area contributed by atoms with Gasteiger partial charge in [0.15, 0.2) is 6.29 Å². The van der Waals surface area contributed by atoms with Crippen LogP contribution in [-0.2, 0) is 0 Å². The third kappa shape index (κ3) is 1.56. The summed E-state index contributed by atoms with van der Waals surface area (Å²) in [5, 5.41) is 0. The number of aldehydes is 1. The van der Waals surface area contributed by atoms with Crippen LogP contribution in [0.4, 0.5) is 20.2 Å². The van der Waals surface area contributed by atoms with Gasteiger partial charge in [-0.15, -0.1) is 0 Å². The molecule has 0 saturated heterocycles. The summed E-state index contributed by atoms with van der Waals surface area (Å²) in [6, 6.07) is 0. The largest absolute Gasteiger partial charge is 0.397 e. The Bertz CT molecular complexity index is 341. The van der Waals surface area contributed by atoms with Gasteiger partial charge in [-0.05, 0) is 0 Å². The van der Waals surface area contributed by atoms with Gasteiger partial charge in [0.25, 0.3) is 6.43 Å². The van der Waals surface area contributed by atoms with Crippen molar-refractivity contribution in [2.24, 2.45) is 0 Å². The van der Waals surface area contributed by atoms with Gasteiger partial charge in [0.1, 0.15) is 5.69 Å². The van der Waals surface area contributed by atoms with E-state index in [-0.39, 0.29) is 16.9 Å². The molecule has 1 aromatic rings. The second-order valence-electron chi connectivity index (χ2n) is 2.34. The number of hydrogen-bond donors (Lipinski definition) is 2. The molecule has 1 aromatic heterocycles. The number of nitrogens with two attached hydrogens (primary N) is 2. The number of pyridine rings is 1. The van der Waals surface area contributed by atoms with Crippen LogP contribution in [0.25, 0.3) is 0 Å². The minimum atomic E-state index is -2.81. The van der Waals surface area contributed by atoms with Crippen molar-refractivity contribution in [3.05, 3.63) is 17.5 Å². The summed E-state index contributed by atoms with van der Waals surface area (Å²) in [6.07, 6.45) is -1.49. The molecule has 0 radical (unpaired) electrons. The number of halogens is 2. The zero-order valence-corrected chi connectivity index (χ0v) is 6.50. The lowest BCUT2D eigenvalue weighted by Crippen LogP contribution is -2.06. The molecule has 0 spiro atoms. The number of hydrogen-bond acceptors (Lipinski definition) is 4. The Balaban J connectivity index is 3.35. The highest BCUT2D eigenvalue weighted by Gasteiger charge is 2.17. The molecule has 0 bridgehead atoms. The van der Waals surface area contributed by atoms with Crippen LogP contribution in [0.15, 0.2) is 6.20 Å². The van der Waals surface area contributed by atoms with E-state index in [1.807, 2.05) is 0 Å². The number of nitrogen functional groups attached to an aromatic ring is 2. The van der Waals surface area contributed by atoms with Gasteiger partial charge in [-0.25, -0.2) is 8.78 Å². The maximum atomic E-state index is 12.2. The maximum absolute atomic E-state index is 12.2. The average molecular weight is 187 g/mol. The van der Waals surface area contributed by atoms with Crippen molar-refractivity contribution >= 4 is 17.7 Å². The zero-order chi connectivity index (χ0) is 10.0. The van der Waals surface area contributed by atoms with Gasteiger partial charge in [0.05, 0.1) is 23.1 Å². The van der Waals surface area contributed by atoms with Crippen LogP contribution < -0.4 is 11.5 Å². The summed E-state index contributed by atoms with van der Waals surface area (Å²) in [4.78, 5) is 13.7. The normalized spacial score (nSPS) is 10.4. The van der Waals surface area contributed by atoms with Crippen LogP contribution in [0.3, 0.4) is 0 Å². The van der Waals surface area contributed by atoms with E-state index in [0.29, 0.717) is 6.29 Å². The predicted molar refractivity (Wildman–Crippen MR) is 43.4 cm³/mol. The minimum absolute atomic E-state index is 0.00287. The molecule has 0 amide bonds. The molecular formula is C7H7F2N3O. The number of aromatic nitrogens is 1.